The van der Waals surface area contributed by atoms with Gasteiger partial charge in [-0.15, -0.1) is 10.2 Å². The number of benzene rings is 2. The van der Waals surface area contributed by atoms with Gasteiger partial charge in [0.1, 0.15) is 0 Å². The van der Waals surface area contributed by atoms with Crippen LogP contribution in [0.15, 0.2) is 46.0 Å². The second-order valence-electron chi connectivity index (χ2n) is 5.90. The Balaban J connectivity index is 1.69. The number of ether oxygens (including phenoxy) is 2. The number of rotatable bonds is 7. The molecule has 3 aromatic rings. The molecule has 0 aliphatic rings. The molecule has 29 heavy (non-hydrogen) atoms. The maximum absolute atomic E-state index is 12.3. The molecule has 7 nitrogen and oxygen atoms in total. The summed E-state index contributed by atoms with van der Waals surface area (Å²) in [5.41, 5.74) is 1.39. The molecule has 3 rings (SSSR count). The molecule has 0 unspecified atom stereocenters. The number of nitrogens with zero attached hydrogens (tertiary/aromatic N) is 3. The summed E-state index contributed by atoms with van der Waals surface area (Å²) in [7, 11) is 5.01. The summed E-state index contributed by atoms with van der Waals surface area (Å²) in [4.78, 5) is 12.3. The van der Waals surface area contributed by atoms with Gasteiger partial charge in [-0.2, -0.15) is 0 Å². The monoisotopic (exact) mass is 496 g/mol. The lowest BCUT2D eigenvalue weighted by molar-refractivity contribution is -0.113. The minimum atomic E-state index is -0.185. The van der Waals surface area contributed by atoms with Crippen LogP contribution in [0, 0.1) is 0 Å². The maximum atomic E-state index is 12.3. The molecule has 0 spiro atoms. The number of hydrogen-bond donors (Lipinski definition) is 1. The van der Waals surface area contributed by atoms with Gasteiger partial charge < -0.3 is 19.4 Å². The van der Waals surface area contributed by atoms with Crippen LogP contribution in [0.25, 0.3) is 11.4 Å². The van der Waals surface area contributed by atoms with E-state index in [1.54, 1.807) is 26.4 Å². The fraction of sp³-hybridized carbons (Fsp3) is 0.211. The molecule has 0 saturated heterocycles. The molecule has 0 bridgehead atoms. The van der Waals surface area contributed by atoms with Crippen molar-refractivity contribution in [2.24, 2.45) is 7.05 Å². The molecule has 1 amide bonds. The van der Waals surface area contributed by atoms with E-state index in [4.69, 9.17) is 21.1 Å². The largest absolute Gasteiger partial charge is 0.493 e. The van der Waals surface area contributed by atoms with Gasteiger partial charge in [0.05, 0.1) is 30.7 Å². The lowest BCUT2D eigenvalue weighted by Crippen LogP contribution is -2.14. The SMILES string of the molecule is COc1ccc(-c2nnc(SCC(=O)Nc3ccc(Br)cc3Cl)n2C)cc1OC. The van der Waals surface area contributed by atoms with E-state index in [0.29, 0.717) is 33.2 Å². The number of amides is 1. The van der Waals surface area contributed by atoms with Gasteiger partial charge in [0.15, 0.2) is 22.5 Å². The standard InChI is InChI=1S/C19H18BrClN4O3S/c1-25-18(11-4-7-15(27-2)16(8-11)28-3)23-24-19(25)29-10-17(26)22-14-6-5-12(20)9-13(14)21/h4-9H,10H2,1-3H3,(H,22,26). The third-order valence-electron chi connectivity index (χ3n) is 4.01. The lowest BCUT2D eigenvalue weighted by atomic mass is 10.2. The molecule has 2 aromatic carbocycles. The van der Waals surface area contributed by atoms with E-state index in [-0.39, 0.29) is 11.7 Å². The lowest BCUT2D eigenvalue weighted by Gasteiger charge is -2.10. The highest BCUT2D eigenvalue weighted by Crippen LogP contribution is 2.32. The average molecular weight is 498 g/mol. The van der Waals surface area contributed by atoms with Crippen LogP contribution in [-0.4, -0.2) is 40.6 Å². The molecule has 1 heterocycles. The Morgan fingerprint density at radius 2 is 1.93 bits per heavy atom. The number of carbonyl (C=O) groups excluding carboxylic acids is 1. The summed E-state index contributed by atoms with van der Waals surface area (Å²) in [5.74, 6) is 1.88. The average Bonchev–Trinajstić information content (AvgIpc) is 3.08. The van der Waals surface area contributed by atoms with Crippen LogP contribution < -0.4 is 14.8 Å². The summed E-state index contributed by atoms with van der Waals surface area (Å²) in [6.07, 6.45) is 0. The predicted molar refractivity (Wildman–Crippen MR) is 118 cm³/mol. The number of methoxy groups -OCH3 is 2. The zero-order valence-corrected chi connectivity index (χ0v) is 19.1. The number of anilines is 1. The maximum Gasteiger partial charge on any atom is 0.234 e. The van der Waals surface area contributed by atoms with Gasteiger partial charge in [-0.05, 0) is 36.4 Å². The van der Waals surface area contributed by atoms with Crippen molar-refractivity contribution in [3.8, 4) is 22.9 Å². The van der Waals surface area contributed by atoms with Gasteiger partial charge in [-0.25, -0.2) is 0 Å². The van der Waals surface area contributed by atoms with Gasteiger partial charge in [0, 0.05) is 17.1 Å². The molecule has 0 radical (unpaired) electrons. The van der Waals surface area contributed by atoms with E-state index in [1.807, 2.05) is 35.9 Å². The Labute approximate surface area is 185 Å². The van der Waals surface area contributed by atoms with Gasteiger partial charge in [-0.1, -0.05) is 39.3 Å². The topological polar surface area (TPSA) is 78.3 Å². The van der Waals surface area contributed by atoms with Crippen LogP contribution in [0.5, 0.6) is 11.5 Å². The van der Waals surface area contributed by atoms with Crippen molar-refractivity contribution in [1.82, 2.24) is 14.8 Å². The third-order valence-corrected chi connectivity index (χ3v) is 5.84. The number of thioether (sulfide) groups is 1. The normalized spacial score (nSPS) is 10.7. The first-order valence-corrected chi connectivity index (χ1v) is 10.6. The Morgan fingerprint density at radius 3 is 2.62 bits per heavy atom. The van der Waals surface area contributed by atoms with E-state index in [0.717, 1.165) is 10.0 Å². The third kappa shape index (κ3) is 5.04. The highest BCUT2D eigenvalue weighted by molar-refractivity contribution is 9.10. The van der Waals surface area contributed by atoms with Gasteiger partial charge >= 0.3 is 0 Å². The van der Waals surface area contributed by atoms with Crippen LogP contribution in [0.2, 0.25) is 5.02 Å². The highest BCUT2D eigenvalue weighted by Gasteiger charge is 2.15. The van der Waals surface area contributed by atoms with E-state index >= 15 is 0 Å². The van der Waals surface area contributed by atoms with Crippen molar-refractivity contribution in [2.45, 2.75) is 5.16 Å². The van der Waals surface area contributed by atoms with Gasteiger partial charge in [-0.3, -0.25) is 4.79 Å². The molecule has 0 aliphatic heterocycles. The van der Waals surface area contributed by atoms with Gasteiger partial charge in [0.2, 0.25) is 5.91 Å². The Morgan fingerprint density at radius 1 is 1.17 bits per heavy atom. The van der Waals surface area contributed by atoms with Crippen LogP contribution in [0.3, 0.4) is 0 Å². The van der Waals surface area contributed by atoms with Crippen molar-refractivity contribution in [3.63, 3.8) is 0 Å². The molecule has 1 N–H and O–H groups in total. The van der Waals surface area contributed by atoms with Crippen LogP contribution >= 0.6 is 39.3 Å². The summed E-state index contributed by atoms with van der Waals surface area (Å²) in [6, 6.07) is 10.8. The fourth-order valence-electron chi connectivity index (χ4n) is 2.57. The number of carbonyl (C=O) groups is 1. The predicted octanol–water partition coefficient (Wildman–Crippen LogP) is 4.65. The molecule has 0 saturated carbocycles. The molecule has 1 aromatic heterocycles. The van der Waals surface area contributed by atoms with Crippen molar-refractivity contribution in [3.05, 3.63) is 45.9 Å². The first-order valence-electron chi connectivity index (χ1n) is 8.42. The fourth-order valence-corrected chi connectivity index (χ4v) is 4.01. The summed E-state index contributed by atoms with van der Waals surface area (Å²) < 4.78 is 13.3. The Bertz CT molecular complexity index is 1040. The zero-order valence-electron chi connectivity index (χ0n) is 15.9. The smallest absolute Gasteiger partial charge is 0.234 e. The summed E-state index contributed by atoms with van der Waals surface area (Å²) in [6.45, 7) is 0. The highest BCUT2D eigenvalue weighted by atomic mass is 79.9. The molecule has 0 aliphatic carbocycles. The molecular formula is C19H18BrClN4O3S. The molecular weight excluding hydrogens is 480 g/mol. The van der Waals surface area contributed by atoms with Gasteiger partial charge in [0.25, 0.3) is 0 Å². The molecule has 0 fully saturated rings. The summed E-state index contributed by atoms with van der Waals surface area (Å²) in [5, 5.41) is 12.3. The first kappa shape index (κ1) is 21.5. The van der Waals surface area contributed by atoms with E-state index in [1.165, 1.54) is 11.8 Å². The minimum absolute atomic E-state index is 0.171. The number of hydrogen-bond acceptors (Lipinski definition) is 6. The summed E-state index contributed by atoms with van der Waals surface area (Å²) >= 11 is 10.8. The minimum Gasteiger partial charge on any atom is -0.493 e. The van der Waals surface area contributed by atoms with Crippen LogP contribution in [0.1, 0.15) is 0 Å². The second kappa shape index (κ2) is 9.51. The van der Waals surface area contributed by atoms with E-state index in [9.17, 15) is 4.79 Å². The van der Waals surface area contributed by atoms with Crippen molar-refractivity contribution >= 4 is 50.9 Å². The van der Waals surface area contributed by atoms with Crippen LogP contribution in [0.4, 0.5) is 5.69 Å². The Hall–Kier alpha value is -2.23. The second-order valence-corrected chi connectivity index (χ2v) is 8.16. The first-order chi connectivity index (χ1) is 13.9. The molecule has 152 valence electrons. The number of halogens is 2. The van der Waals surface area contributed by atoms with Crippen molar-refractivity contribution in [1.29, 1.82) is 0 Å². The molecule has 0 atom stereocenters. The number of aromatic nitrogens is 3. The Kier molecular flexibility index (Phi) is 7.05. The van der Waals surface area contributed by atoms with Crippen molar-refractivity contribution < 1.29 is 14.3 Å². The number of nitrogens with one attached hydrogen (secondary N) is 1. The quantitative estimate of drug-likeness (QED) is 0.479. The molecule has 10 heteroatoms. The zero-order chi connectivity index (χ0) is 21.0. The van der Waals surface area contributed by atoms with E-state index in [2.05, 4.69) is 31.4 Å². The van der Waals surface area contributed by atoms with Crippen molar-refractivity contribution in [2.75, 3.05) is 25.3 Å². The van der Waals surface area contributed by atoms with E-state index < -0.39 is 0 Å². The van der Waals surface area contributed by atoms with Crippen LogP contribution in [-0.2, 0) is 11.8 Å².